The molecule has 1 aliphatic heterocycles. The van der Waals surface area contributed by atoms with E-state index in [9.17, 15) is 4.79 Å². The number of nitrogen functional groups attached to an aromatic ring is 1. The van der Waals surface area contributed by atoms with Gasteiger partial charge in [-0.1, -0.05) is 42.8 Å². The largest absolute Gasteiger partial charge is 0.380 e. The highest BCUT2D eigenvalue weighted by molar-refractivity contribution is 5.76. The third-order valence-corrected chi connectivity index (χ3v) is 7.21. The third kappa shape index (κ3) is 5.14. The molecule has 0 unspecified atom stereocenters. The van der Waals surface area contributed by atoms with Crippen molar-refractivity contribution in [1.29, 1.82) is 0 Å². The number of ether oxygens (including phenoxy) is 1. The van der Waals surface area contributed by atoms with Crippen molar-refractivity contribution in [3.05, 3.63) is 60.4 Å². The first kappa shape index (κ1) is 25.5. The summed E-state index contributed by atoms with van der Waals surface area (Å²) in [6.45, 7) is 5.72. The van der Waals surface area contributed by atoms with E-state index in [0.717, 1.165) is 36.0 Å². The Hall–Kier alpha value is -4.12. The summed E-state index contributed by atoms with van der Waals surface area (Å²) in [5, 5.41) is 8.70. The Bertz CT molecular complexity index is 1380. The van der Waals surface area contributed by atoms with Crippen LogP contribution in [-0.4, -0.2) is 67.0 Å². The molecule has 1 aromatic carbocycles. The molecule has 0 aliphatic carbocycles. The van der Waals surface area contributed by atoms with E-state index in [2.05, 4.69) is 46.2 Å². The van der Waals surface area contributed by atoms with Gasteiger partial charge in [0.25, 0.3) is 5.89 Å². The minimum atomic E-state index is -0.452. The van der Waals surface area contributed by atoms with E-state index < -0.39 is 5.41 Å². The number of hydrogen-bond donors (Lipinski definition) is 1. The summed E-state index contributed by atoms with van der Waals surface area (Å²) in [7, 11) is 1.68. The fourth-order valence-corrected chi connectivity index (χ4v) is 4.91. The van der Waals surface area contributed by atoms with Gasteiger partial charge in [0.15, 0.2) is 5.82 Å². The molecule has 1 saturated heterocycles. The number of rotatable bonds is 9. The first-order valence-electron chi connectivity index (χ1n) is 12.8. The van der Waals surface area contributed by atoms with Crippen molar-refractivity contribution in [2.45, 2.75) is 51.2 Å². The molecule has 4 aromatic rings. The van der Waals surface area contributed by atoms with Crippen LogP contribution in [0.5, 0.6) is 0 Å². The molecule has 2 atom stereocenters. The van der Waals surface area contributed by atoms with E-state index >= 15 is 0 Å². The molecule has 198 valence electrons. The smallest absolute Gasteiger partial charge is 0.261 e. The van der Waals surface area contributed by atoms with Crippen LogP contribution >= 0.6 is 0 Å². The van der Waals surface area contributed by atoms with E-state index in [1.165, 1.54) is 0 Å². The quantitative estimate of drug-likeness (QED) is 0.355. The second-order valence-electron chi connectivity index (χ2n) is 9.83. The van der Waals surface area contributed by atoms with Crippen molar-refractivity contribution < 1.29 is 14.1 Å². The Morgan fingerprint density at radius 3 is 2.61 bits per heavy atom. The monoisotopic (exact) mass is 516 g/mol. The highest BCUT2D eigenvalue weighted by Gasteiger charge is 2.34. The number of amides is 1. The SMILES string of the molecule is CCC[C@](C)(c1ccc(-c2cnc(N)nc2)cc1)c1noc(-c2cnn(CC(=O)N3CC[C@H](OC)C3)c2)n1. The van der Waals surface area contributed by atoms with Crippen LogP contribution in [0.4, 0.5) is 5.95 Å². The Morgan fingerprint density at radius 2 is 1.92 bits per heavy atom. The maximum absolute atomic E-state index is 12.7. The molecule has 11 heteroatoms. The van der Waals surface area contributed by atoms with Gasteiger partial charge in [0.05, 0.1) is 23.3 Å². The number of carbonyl (C=O) groups excluding carboxylic acids is 1. The van der Waals surface area contributed by atoms with Crippen LogP contribution in [-0.2, 0) is 21.5 Å². The molecule has 3 aromatic heterocycles. The van der Waals surface area contributed by atoms with Crippen LogP contribution in [0.3, 0.4) is 0 Å². The fraction of sp³-hybridized carbons (Fsp3) is 0.407. The predicted molar refractivity (Wildman–Crippen MR) is 141 cm³/mol. The van der Waals surface area contributed by atoms with E-state index in [4.69, 9.17) is 20.0 Å². The van der Waals surface area contributed by atoms with E-state index in [0.29, 0.717) is 30.4 Å². The first-order valence-corrected chi connectivity index (χ1v) is 12.8. The van der Waals surface area contributed by atoms with Crippen LogP contribution < -0.4 is 5.73 Å². The van der Waals surface area contributed by atoms with Gasteiger partial charge in [0.2, 0.25) is 11.9 Å². The summed E-state index contributed by atoms with van der Waals surface area (Å²) >= 11 is 0. The lowest BCUT2D eigenvalue weighted by molar-refractivity contribution is -0.131. The fourth-order valence-electron chi connectivity index (χ4n) is 4.91. The highest BCUT2D eigenvalue weighted by Crippen LogP contribution is 2.36. The second-order valence-corrected chi connectivity index (χ2v) is 9.83. The lowest BCUT2D eigenvalue weighted by atomic mass is 9.77. The summed E-state index contributed by atoms with van der Waals surface area (Å²) in [4.78, 5) is 27.4. The van der Waals surface area contributed by atoms with Gasteiger partial charge in [-0.3, -0.25) is 9.48 Å². The topological polar surface area (TPSA) is 138 Å². The Kier molecular flexibility index (Phi) is 7.19. The van der Waals surface area contributed by atoms with Crippen molar-refractivity contribution in [3.8, 4) is 22.6 Å². The molecule has 1 fully saturated rings. The number of nitrogens with zero attached hydrogens (tertiary/aromatic N) is 7. The predicted octanol–water partition coefficient (Wildman–Crippen LogP) is 3.33. The number of methoxy groups -OCH3 is 1. The number of aromatic nitrogens is 6. The molecule has 11 nitrogen and oxygen atoms in total. The minimum absolute atomic E-state index is 0.00918. The van der Waals surface area contributed by atoms with Crippen molar-refractivity contribution in [1.82, 2.24) is 34.8 Å². The molecule has 0 bridgehead atoms. The van der Waals surface area contributed by atoms with E-state index in [-0.39, 0.29) is 24.5 Å². The minimum Gasteiger partial charge on any atom is -0.380 e. The van der Waals surface area contributed by atoms with Gasteiger partial charge in [0, 0.05) is 44.4 Å². The number of benzene rings is 1. The summed E-state index contributed by atoms with van der Waals surface area (Å²) in [6.07, 6.45) is 9.56. The number of nitrogens with two attached hydrogens (primary N) is 1. The Labute approximate surface area is 221 Å². The zero-order chi connectivity index (χ0) is 26.7. The molecule has 0 saturated carbocycles. The molecule has 0 radical (unpaired) electrons. The van der Waals surface area contributed by atoms with Crippen molar-refractivity contribution in [2.24, 2.45) is 0 Å². The molecular formula is C27H32N8O3. The average Bonchev–Trinajstić information content (AvgIpc) is 3.70. The molecule has 4 heterocycles. The van der Waals surface area contributed by atoms with Gasteiger partial charge < -0.3 is 19.9 Å². The van der Waals surface area contributed by atoms with E-state index in [1.807, 2.05) is 17.0 Å². The molecule has 5 rings (SSSR count). The lowest BCUT2D eigenvalue weighted by Gasteiger charge is -2.26. The van der Waals surface area contributed by atoms with Gasteiger partial charge in [-0.2, -0.15) is 10.1 Å². The molecular weight excluding hydrogens is 484 g/mol. The van der Waals surface area contributed by atoms with Gasteiger partial charge in [-0.25, -0.2) is 9.97 Å². The second kappa shape index (κ2) is 10.7. The number of anilines is 1. The lowest BCUT2D eigenvalue weighted by Crippen LogP contribution is -2.32. The van der Waals surface area contributed by atoms with Crippen LogP contribution in [0, 0.1) is 0 Å². The Morgan fingerprint density at radius 1 is 1.16 bits per heavy atom. The van der Waals surface area contributed by atoms with Crippen molar-refractivity contribution >= 4 is 11.9 Å². The van der Waals surface area contributed by atoms with Gasteiger partial charge in [-0.15, -0.1) is 0 Å². The number of hydrogen-bond acceptors (Lipinski definition) is 9. The molecule has 2 N–H and O–H groups in total. The summed E-state index contributed by atoms with van der Waals surface area (Å²) in [5.74, 6) is 1.23. The van der Waals surface area contributed by atoms with Gasteiger partial charge >= 0.3 is 0 Å². The summed E-state index contributed by atoms with van der Waals surface area (Å²) < 4.78 is 12.6. The maximum Gasteiger partial charge on any atom is 0.261 e. The normalized spacial score (nSPS) is 17.0. The average molecular weight is 517 g/mol. The van der Waals surface area contributed by atoms with E-state index in [1.54, 1.807) is 36.6 Å². The first-order chi connectivity index (χ1) is 18.4. The molecule has 1 amide bonds. The Balaban J connectivity index is 1.33. The van der Waals surface area contributed by atoms with Crippen molar-refractivity contribution in [3.63, 3.8) is 0 Å². The maximum atomic E-state index is 12.7. The van der Waals surface area contributed by atoms with Crippen LogP contribution in [0.25, 0.3) is 22.6 Å². The summed E-state index contributed by atoms with van der Waals surface area (Å²) in [6, 6.07) is 8.23. The number of likely N-dealkylation sites (tertiary alicyclic amines) is 1. The van der Waals surface area contributed by atoms with Crippen molar-refractivity contribution in [2.75, 3.05) is 25.9 Å². The van der Waals surface area contributed by atoms with Crippen LogP contribution in [0.2, 0.25) is 0 Å². The zero-order valence-corrected chi connectivity index (χ0v) is 21.9. The molecule has 1 aliphatic rings. The highest BCUT2D eigenvalue weighted by atomic mass is 16.5. The summed E-state index contributed by atoms with van der Waals surface area (Å²) in [5.41, 5.74) is 8.80. The molecule has 0 spiro atoms. The molecule has 38 heavy (non-hydrogen) atoms. The third-order valence-electron chi connectivity index (χ3n) is 7.21. The van der Waals surface area contributed by atoms with Gasteiger partial charge in [0.1, 0.15) is 6.54 Å². The zero-order valence-electron chi connectivity index (χ0n) is 21.9. The van der Waals surface area contributed by atoms with Gasteiger partial charge in [-0.05, 0) is 30.9 Å². The standard InChI is InChI=1S/C27H32N8O3/c1-4-10-27(2,21-7-5-18(6-8-21)19-12-29-26(28)30-13-19)25-32-24(38-33-25)20-14-31-35(15-20)17-23(36)34-11-9-22(16-34)37-3/h5-8,12-15,22H,4,9-11,16-17H2,1-3H3,(H2,28,29,30)/t22-,27+/m0/s1. The number of carbonyl (C=O) groups is 1. The van der Waals surface area contributed by atoms with Crippen LogP contribution in [0.1, 0.15) is 44.5 Å². The van der Waals surface area contributed by atoms with Crippen LogP contribution in [0.15, 0.2) is 53.6 Å².